The predicted octanol–water partition coefficient (Wildman–Crippen LogP) is 3.68. The number of thiophene rings is 1. The van der Waals surface area contributed by atoms with E-state index in [0.717, 1.165) is 12.4 Å². The third-order valence-electron chi connectivity index (χ3n) is 2.57. The lowest BCUT2D eigenvalue weighted by molar-refractivity contribution is 1.13. The molecule has 0 amide bonds. The van der Waals surface area contributed by atoms with Gasteiger partial charge < -0.3 is 5.32 Å². The van der Waals surface area contributed by atoms with Gasteiger partial charge in [-0.2, -0.15) is 0 Å². The predicted molar refractivity (Wildman–Crippen MR) is 70.1 cm³/mol. The van der Waals surface area contributed by atoms with Crippen molar-refractivity contribution in [1.82, 2.24) is 4.98 Å². The fourth-order valence-corrected chi connectivity index (χ4v) is 2.48. The first kappa shape index (κ1) is 11.1. The smallest absolute Gasteiger partial charge is 0.126 e. The number of hydrogen-bond donors (Lipinski definition) is 1. The van der Waals surface area contributed by atoms with E-state index in [9.17, 15) is 0 Å². The molecular formula is C13H16N2S. The summed E-state index contributed by atoms with van der Waals surface area (Å²) in [7, 11) is 0. The second-order valence-corrected chi connectivity index (χ2v) is 5.37. The van der Waals surface area contributed by atoms with E-state index in [1.807, 2.05) is 30.5 Å². The van der Waals surface area contributed by atoms with Crippen LogP contribution in [0.4, 0.5) is 5.82 Å². The monoisotopic (exact) mass is 232 g/mol. The lowest BCUT2D eigenvalue weighted by Gasteiger charge is -2.03. The minimum atomic E-state index is 0.857. The number of nitrogens with zero attached hydrogens (tertiary/aromatic N) is 1. The van der Waals surface area contributed by atoms with Gasteiger partial charge in [0.2, 0.25) is 0 Å². The van der Waals surface area contributed by atoms with Crippen LogP contribution in [-0.2, 0) is 6.54 Å². The van der Waals surface area contributed by atoms with Gasteiger partial charge in [-0.3, -0.25) is 0 Å². The van der Waals surface area contributed by atoms with Crippen LogP contribution in [0.25, 0.3) is 0 Å². The maximum absolute atomic E-state index is 4.32. The van der Waals surface area contributed by atoms with Gasteiger partial charge in [0, 0.05) is 16.0 Å². The summed E-state index contributed by atoms with van der Waals surface area (Å²) in [6.45, 7) is 7.21. The molecule has 0 saturated carbocycles. The van der Waals surface area contributed by atoms with Crippen LogP contribution in [-0.4, -0.2) is 4.98 Å². The zero-order valence-corrected chi connectivity index (χ0v) is 10.7. The van der Waals surface area contributed by atoms with Gasteiger partial charge in [-0.25, -0.2) is 4.98 Å². The number of aromatic nitrogens is 1. The summed E-state index contributed by atoms with van der Waals surface area (Å²) in [6, 6.07) is 6.32. The second-order valence-electron chi connectivity index (χ2n) is 4.03. The standard InChI is InChI=1S/C13H16N2S/c1-9-4-5-13(14-7-9)15-8-12-6-10(2)11(3)16-12/h4-7H,8H2,1-3H3,(H,14,15). The van der Waals surface area contributed by atoms with Gasteiger partial charge in [-0.1, -0.05) is 6.07 Å². The van der Waals surface area contributed by atoms with Crippen LogP contribution < -0.4 is 5.32 Å². The molecule has 1 N–H and O–H groups in total. The zero-order valence-electron chi connectivity index (χ0n) is 9.87. The molecule has 2 nitrogen and oxygen atoms in total. The molecule has 3 heteroatoms. The Bertz CT molecular complexity index is 452. The molecule has 0 aliphatic carbocycles. The van der Waals surface area contributed by atoms with Crippen molar-refractivity contribution in [3.05, 3.63) is 45.3 Å². The van der Waals surface area contributed by atoms with Crippen molar-refractivity contribution >= 4 is 17.2 Å². The van der Waals surface area contributed by atoms with Crippen LogP contribution >= 0.6 is 11.3 Å². The Morgan fingerprint density at radius 2 is 2.06 bits per heavy atom. The molecular weight excluding hydrogens is 216 g/mol. The summed E-state index contributed by atoms with van der Waals surface area (Å²) in [5.74, 6) is 0.939. The summed E-state index contributed by atoms with van der Waals surface area (Å²) in [5.41, 5.74) is 2.56. The highest BCUT2D eigenvalue weighted by Crippen LogP contribution is 2.21. The van der Waals surface area contributed by atoms with Crippen LogP contribution in [0.15, 0.2) is 24.4 Å². The average molecular weight is 232 g/mol. The topological polar surface area (TPSA) is 24.9 Å². The first-order chi connectivity index (χ1) is 7.65. The van der Waals surface area contributed by atoms with Crippen LogP contribution in [0.1, 0.15) is 20.9 Å². The fourth-order valence-electron chi connectivity index (χ4n) is 1.49. The largest absolute Gasteiger partial charge is 0.365 e. The number of anilines is 1. The SMILES string of the molecule is Cc1ccc(NCc2cc(C)c(C)s2)nc1. The Morgan fingerprint density at radius 1 is 1.25 bits per heavy atom. The average Bonchev–Trinajstić information content (AvgIpc) is 2.58. The Morgan fingerprint density at radius 3 is 2.62 bits per heavy atom. The fraction of sp³-hybridized carbons (Fsp3) is 0.308. The third kappa shape index (κ3) is 2.61. The van der Waals surface area contributed by atoms with E-state index < -0.39 is 0 Å². The summed E-state index contributed by atoms with van der Waals surface area (Å²) >= 11 is 1.85. The first-order valence-corrected chi connectivity index (χ1v) is 6.19. The summed E-state index contributed by atoms with van der Waals surface area (Å²) in [4.78, 5) is 7.07. The normalized spacial score (nSPS) is 10.4. The first-order valence-electron chi connectivity index (χ1n) is 5.37. The minimum absolute atomic E-state index is 0.857. The van der Waals surface area contributed by atoms with E-state index in [4.69, 9.17) is 0 Å². The van der Waals surface area contributed by atoms with Gasteiger partial charge in [0.1, 0.15) is 5.82 Å². The molecule has 0 atom stereocenters. The highest BCUT2D eigenvalue weighted by Gasteiger charge is 2.01. The quantitative estimate of drug-likeness (QED) is 0.873. The zero-order chi connectivity index (χ0) is 11.5. The lowest BCUT2D eigenvalue weighted by atomic mass is 10.3. The molecule has 0 aliphatic heterocycles. The summed E-state index contributed by atoms with van der Waals surface area (Å²) in [5, 5.41) is 3.33. The summed E-state index contributed by atoms with van der Waals surface area (Å²) in [6.07, 6.45) is 1.88. The third-order valence-corrected chi connectivity index (χ3v) is 3.72. The number of aryl methyl sites for hydroxylation is 3. The van der Waals surface area contributed by atoms with Gasteiger partial charge in [0.15, 0.2) is 0 Å². The lowest BCUT2D eigenvalue weighted by Crippen LogP contribution is -1.99. The number of rotatable bonds is 3. The molecule has 0 saturated heterocycles. The maximum Gasteiger partial charge on any atom is 0.126 e. The molecule has 0 fully saturated rings. The number of hydrogen-bond acceptors (Lipinski definition) is 3. The van der Waals surface area contributed by atoms with E-state index in [2.05, 4.69) is 36.3 Å². The summed E-state index contributed by atoms with van der Waals surface area (Å²) < 4.78 is 0. The van der Waals surface area contributed by atoms with Gasteiger partial charge in [-0.15, -0.1) is 11.3 Å². The van der Waals surface area contributed by atoms with Crippen molar-refractivity contribution in [2.24, 2.45) is 0 Å². The van der Waals surface area contributed by atoms with Gasteiger partial charge >= 0.3 is 0 Å². The van der Waals surface area contributed by atoms with Crippen LogP contribution in [0, 0.1) is 20.8 Å². The van der Waals surface area contributed by atoms with Gasteiger partial charge in [-0.05, 0) is 44.0 Å². The maximum atomic E-state index is 4.32. The van der Waals surface area contributed by atoms with Gasteiger partial charge in [0.05, 0.1) is 6.54 Å². The molecule has 84 valence electrons. The highest BCUT2D eigenvalue weighted by atomic mass is 32.1. The van der Waals surface area contributed by atoms with Crippen molar-refractivity contribution in [2.75, 3.05) is 5.32 Å². The van der Waals surface area contributed by atoms with Crippen LogP contribution in [0.2, 0.25) is 0 Å². The van der Waals surface area contributed by atoms with E-state index >= 15 is 0 Å². The molecule has 2 aromatic rings. The van der Waals surface area contributed by atoms with Crippen molar-refractivity contribution in [3.8, 4) is 0 Å². The molecule has 0 unspecified atom stereocenters. The van der Waals surface area contributed by atoms with Gasteiger partial charge in [0.25, 0.3) is 0 Å². The minimum Gasteiger partial charge on any atom is -0.365 e. The molecule has 0 aliphatic rings. The van der Waals surface area contributed by atoms with Crippen molar-refractivity contribution in [1.29, 1.82) is 0 Å². The van der Waals surface area contributed by atoms with Crippen molar-refractivity contribution < 1.29 is 0 Å². The van der Waals surface area contributed by atoms with E-state index in [1.165, 1.54) is 20.9 Å². The van der Waals surface area contributed by atoms with E-state index in [-0.39, 0.29) is 0 Å². The van der Waals surface area contributed by atoms with E-state index in [0.29, 0.717) is 0 Å². The van der Waals surface area contributed by atoms with Crippen LogP contribution in [0.3, 0.4) is 0 Å². The molecule has 2 heterocycles. The molecule has 0 bridgehead atoms. The Labute approximate surface area is 100 Å². The number of pyridine rings is 1. The molecule has 16 heavy (non-hydrogen) atoms. The molecule has 2 aromatic heterocycles. The molecule has 0 aromatic carbocycles. The highest BCUT2D eigenvalue weighted by molar-refractivity contribution is 7.12. The molecule has 0 spiro atoms. The van der Waals surface area contributed by atoms with Crippen LogP contribution in [0.5, 0.6) is 0 Å². The Kier molecular flexibility index (Phi) is 3.25. The van der Waals surface area contributed by atoms with E-state index in [1.54, 1.807) is 0 Å². The Balaban J connectivity index is 1.99. The van der Waals surface area contributed by atoms with Crippen molar-refractivity contribution in [2.45, 2.75) is 27.3 Å². The molecule has 0 radical (unpaired) electrons. The second kappa shape index (κ2) is 4.66. The van der Waals surface area contributed by atoms with Crippen molar-refractivity contribution in [3.63, 3.8) is 0 Å². The Hall–Kier alpha value is -1.35. The molecule has 2 rings (SSSR count). The number of nitrogens with one attached hydrogen (secondary N) is 1.